The molecule has 28 heavy (non-hydrogen) atoms. The van der Waals surface area contributed by atoms with Gasteiger partial charge >= 0.3 is 0 Å². The summed E-state index contributed by atoms with van der Waals surface area (Å²) in [5.74, 6) is 0.00888. The second-order valence-corrected chi connectivity index (χ2v) is 8.85. The summed E-state index contributed by atoms with van der Waals surface area (Å²) in [6.45, 7) is 7.26. The summed E-state index contributed by atoms with van der Waals surface area (Å²) >= 11 is 7.70. The molecule has 2 atom stereocenters. The second-order valence-electron chi connectivity index (χ2n) is 7.44. The number of rotatable bonds is 8. The third-order valence-electron chi connectivity index (χ3n) is 5.13. The summed E-state index contributed by atoms with van der Waals surface area (Å²) in [4.78, 5) is 18.6. The number of amides is 1. The van der Waals surface area contributed by atoms with Crippen molar-refractivity contribution < 1.29 is 4.79 Å². The van der Waals surface area contributed by atoms with Crippen LogP contribution in [0, 0.1) is 0 Å². The molecule has 0 aliphatic carbocycles. The van der Waals surface area contributed by atoms with E-state index in [1.807, 2.05) is 23.5 Å². The van der Waals surface area contributed by atoms with Crippen LogP contribution >= 0.6 is 22.9 Å². The Morgan fingerprint density at radius 1 is 1.18 bits per heavy atom. The summed E-state index contributed by atoms with van der Waals surface area (Å²) in [5, 5.41) is 9.31. The highest BCUT2D eigenvalue weighted by molar-refractivity contribution is 7.10. The maximum absolute atomic E-state index is 12.3. The van der Waals surface area contributed by atoms with E-state index in [0.717, 1.165) is 38.4 Å². The van der Waals surface area contributed by atoms with Crippen LogP contribution in [0.25, 0.3) is 0 Å². The number of anilines is 1. The number of nitrogens with zero attached hydrogens (tertiary/aromatic N) is 2. The van der Waals surface area contributed by atoms with Gasteiger partial charge in [-0.05, 0) is 49.7 Å². The van der Waals surface area contributed by atoms with Crippen molar-refractivity contribution in [3.05, 3.63) is 51.7 Å². The molecule has 2 aromatic rings. The van der Waals surface area contributed by atoms with Crippen LogP contribution in [0.2, 0.25) is 5.02 Å². The van der Waals surface area contributed by atoms with Gasteiger partial charge in [-0.15, -0.1) is 11.3 Å². The average Bonchev–Trinajstić information content (AvgIpc) is 3.19. The van der Waals surface area contributed by atoms with Crippen molar-refractivity contribution in [2.45, 2.75) is 25.4 Å². The standard InChI is InChI=1S/C21H29ClN4OS/c1-16(14-21(27)24-18-7-5-17(22)6-8-18)23-15-19(20-4-3-13-28-20)26-11-9-25(2)10-12-26/h3-8,13,16,19,23H,9-12,14-15H2,1-2H3,(H,24,27)/t16-,19-/m1/s1. The van der Waals surface area contributed by atoms with E-state index in [-0.39, 0.29) is 11.9 Å². The first-order chi connectivity index (χ1) is 13.5. The second kappa shape index (κ2) is 10.4. The zero-order chi connectivity index (χ0) is 19.9. The van der Waals surface area contributed by atoms with Crippen LogP contribution in [0.15, 0.2) is 41.8 Å². The minimum absolute atomic E-state index is 0.00888. The van der Waals surface area contributed by atoms with Crippen LogP contribution < -0.4 is 10.6 Å². The van der Waals surface area contributed by atoms with E-state index in [9.17, 15) is 4.79 Å². The van der Waals surface area contributed by atoms with Gasteiger partial charge in [0.05, 0.1) is 6.04 Å². The van der Waals surface area contributed by atoms with E-state index in [1.165, 1.54) is 4.88 Å². The van der Waals surface area contributed by atoms with E-state index < -0.39 is 0 Å². The Labute approximate surface area is 176 Å². The highest BCUT2D eigenvalue weighted by atomic mass is 35.5. The number of likely N-dealkylation sites (N-methyl/N-ethyl adjacent to an activating group) is 1. The van der Waals surface area contributed by atoms with E-state index in [2.05, 4.69) is 51.9 Å². The molecule has 1 amide bonds. The van der Waals surface area contributed by atoms with Gasteiger partial charge in [-0.1, -0.05) is 17.7 Å². The largest absolute Gasteiger partial charge is 0.326 e. The average molecular weight is 421 g/mol. The van der Waals surface area contributed by atoms with Crippen LogP contribution in [0.3, 0.4) is 0 Å². The molecule has 3 rings (SSSR count). The molecule has 0 saturated carbocycles. The minimum Gasteiger partial charge on any atom is -0.326 e. The number of thiophene rings is 1. The Kier molecular flexibility index (Phi) is 7.88. The lowest BCUT2D eigenvalue weighted by atomic mass is 10.1. The molecule has 0 radical (unpaired) electrons. The lowest BCUT2D eigenvalue weighted by molar-refractivity contribution is -0.116. The van der Waals surface area contributed by atoms with E-state index in [0.29, 0.717) is 17.5 Å². The van der Waals surface area contributed by atoms with Gasteiger partial charge in [-0.25, -0.2) is 0 Å². The van der Waals surface area contributed by atoms with E-state index >= 15 is 0 Å². The van der Waals surface area contributed by atoms with Crippen LogP contribution in [0.4, 0.5) is 5.69 Å². The molecule has 1 aromatic carbocycles. The van der Waals surface area contributed by atoms with Crippen molar-refractivity contribution in [3.8, 4) is 0 Å². The molecule has 1 saturated heterocycles. The summed E-state index contributed by atoms with van der Waals surface area (Å²) in [7, 11) is 2.18. The molecular formula is C21H29ClN4OS. The third-order valence-corrected chi connectivity index (χ3v) is 6.35. The maximum atomic E-state index is 12.3. The summed E-state index contributed by atoms with van der Waals surface area (Å²) in [5.41, 5.74) is 0.774. The van der Waals surface area contributed by atoms with E-state index in [1.54, 1.807) is 12.1 Å². The summed E-state index contributed by atoms with van der Waals surface area (Å²) in [6, 6.07) is 12.0. The molecule has 152 valence electrons. The number of hydrogen-bond acceptors (Lipinski definition) is 5. The van der Waals surface area contributed by atoms with Crippen molar-refractivity contribution in [3.63, 3.8) is 0 Å². The van der Waals surface area contributed by atoms with Gasteiger partial charge in [0.2, 0.25) is 5.91 Å². The maximum Gasteiger partial charge on any atom is 0.225 e. The van der Waals surface area contributed by atoms with Gasteiger partial charge in [0.15, 0.2) is 0 Å². The summed E-state index contributed by atoms with van der Waals surface area (Å²) < 4.78 is 0. The first-order valence-corrected chi connectivity index (χ1v) is 11.0. The van der Waals surface area contributed by atoms with E-state index in [4.69, 9.17) is 11.6 Å². The van der Waals surface area contributed by atoms with Gasteiger partial charge in [0, 0.05) is 60.8 Å². The fraction of sp³-hybridized carbons (Fsp3) is 0.476. The fourth-order valence-corrected chi connectivity index (χ4v) is 4.42. The normalized spacial score (nSPS) is 18.0. The van der Waals surface area contributed by atoms with Gasteiger partial charge in [-0.2, -0.15) is 0 Å². The Balaban J connectivity index is 1.51. The Morgan fingerprint density at radius 2 is 1.89 bits per heavy atom. The SMILES string of the molecule is C[C@H](CC(=O)Nc1ccc(Cl)cc1)NC[C@H](c1cccs1)N1CCN(C)CC1. The van der Waals surface area contributed by atoms with Crippen molar-refractivity contribution in [2.75, 3.05) is 45.1 Å². The summed E-state index contributed by atoms with van der Waals surface area (Å²) in [6.07, 6.45) is 0.433. The molecule has 1 aliphatic heterocycles. The lowest BCUT2D eigenvalue weighted by Gasteiger charge is -2.38. The zero-order valence-electron chi connectivity index (χ0n) is 16.5. The van der Waals surface area contributed by atoms with Crippen LogP contribution in [-0.4, -0.2) is 61.5 Å². The number of halogens is 1. The first-order valence-electron chi connectivity index (χ1n) is 9.76. The number of carbonyl (C=O) groups is 1. The highest BCUT2D eigenvalue weighted by Gasteiger charge is 2.25. The van der Waals surface area contributed by atoms with Crippen molar-refractivity contribution in [1.29, 1.82) is 0 Å². The van der Waals surface area contributed by atoms with Crippen LogP contribution in [-0.2, 0) is 4.79 Å². The van der Waals surface area contributed by atoms with Gasteiger partial charge in [0.1, 0.15) is 0 Å². The fourth-order valence-electron chi connectivity index (χ4n) is 3.43. The van der Waals surface area contributed by atoms with Gasteiger partial charge in [-0.3, -0.25) is 9.69 Å². The molecule has 1 aromatic heterocycles. The first kappa shape index (κ1) is 21.3. The van der Waals surface area contributed by atoms with Crippen molar-refractivity contribution in [2.24, 2.45) is 0 Å². The zero-order valence-corrected chi connectivity index (χ0v) is 18.1. The Morgan fingerprint density at radius 3 is 2.54 bits per heavy atom. The molecule has 7 heteroatoms. The smallest absolute Gasteiger partial charge is 0.225 e. The molecule has 2 heterocycles. The topological polar surface area (TPSA) is 47.6 Å². The number of nitrogens with one attached hydrogen (secondary N) is 2. The molecule has 1 aliphatic rings. The van der Waals surface area contributed by atoms with Crippen LogP contribution in [0.1, 0.15) is 24.3 Å². The lowest BCUT2D eigenvalue weighted by Crippen LogP contribution is -2.48. The molecule has 0 spiro atoms. The molecule has 5 nitrogen and oxygen atoms in total. The van der Waals surface area contributed by atoms with Crippen molar-refractivity contribution >= 4 is 34.5 Å². The number of carbonyl (C=O) groups excluding carboxylic acids is 1. The Hall–Kier alpha value is -1.44. The Bertz CT molecular complexity index is 729. The minimum atomic E-state index is 0.00888. The quantitative estimate of drug-likeness (QED) is 0.683. The van der Waals surface area contributed by atoms with Gasteiger partial charge in [0.25, 0.3) is 0 Å². The number of piperazine rings is 1. The molecule has 0 unspecified atom stereocenters. The monoisotopic (exact) mass is 420 g/mol. The number of benzene rings is 1. The molecule has 2 N–H and O–H groups in total. The van der Waals surface area contributed by atoms with Crippen molar-refractivity contribution in [1.82, 2.24) is 15.1 Å². The molecule has 1 fully saturated rings. The van der Waals surface area contributed by atoms with Gasteiger partial charge < -0.3 is 15.5 Å². The molecule has 0 bridgehead atoms. The highest BCUT2D eigenvalue weighted by Crippen LogP contribution is 2.25. The third kappa shape index (κ3) is 6.29. The predicted octanol–water partition coefficient (Wildman–Crippen LogP) is 3.70. The van der Waals surface area contributed by atoms with Crippen LogP contribution in [0.5, 0.6) is 0 Å². The predicted molar refractivity (Wildman–Crippen MR) is 118 cm³/mol. The molecular weight excluding hydrogens is 392 g/mol. The number of hydrogen-bond donors (Lipinski definition) is 2.